The van der Waals surface area contributed by atoms with Crippen LogP contribution in [-0.4, -0.2) is 29.9 Å². The predicted molar refractivity (Wildman–Crippen MR) is 76.5 cm³/mol. The standard InChI is InChI=1S/C14H25N3O3/c1-10-12(11(2)20-17-10)9-15-7-6-8-16-13(18)19-14(3,4)5/h15H,6-9H2,1-5H3,(H,16,18). The summed E-state index contributed by atoms with van der Waals surface area (Å²) in [5.74, 6) is 0.849. The molecule has 1 amide bonds. The summed E-state index contributed by atoms with van der Waals surface area (Å²) in [6.07, 6.45) is 0.464. The Kier molecular flexibility index (Phi) is 6.01. The SMILES string of the molecule is Cc1noc(C)c1CNCCCNC(=O)OC(C)(C)C. The molecular weight excluding hydrogens is 258 g/mol. The Bertz CT molecular complexity index is 416. The van der Waals surface area contributed by atoms with Crippen LogP contribution in [0.1, 0.15) is 44.2 Å². The largest absolute Gasteiger partial charge is 0.444 e. The van der Waals surface area contributed by atoms with Crippen LogP contribution in [0.5, 0.6) is 0 Å². The molecule has 0 saturated heterocycles. The fourth-order valence-electron chi connectivity index (χ4n) is 1.69. The lowest BCUT2D eigenvalue weighted by atomic mass is 10.2. The number of hydrogen-bond donors (Lipinski definition) is 2. The van der Waals surface area contributed by atoms with Crippen LogP contribution in [0.15, 0.2) is 4.52 Å². The maximum Gasteiger partial charge on any atom is 0.407 e. The van der Waals surface area contributed by atoms with Crippen molar-refractivity contribution in [2.75, 3.05) is 13.1 Å². The third-order valence-electron chi connectivity index (χ3n) is 2.68. The van der Waals surface area contributed by atoms with Gasteiger partial charge >= 0.3 is 6.09 Å². The number of carbonyl (C=O) groups is 1. The number of nitrogens with zero attached hydrogens (tertiary/aromatic N) is 1. The quantitative estimate of drug-likeness (QED) is 0.783. The molecule has 1 aromatic heterocycles. The number of carbonyl (C=O) groups excluding carboxylic acids is 1. The van der Waals surface area contributed by atoms with Crippen LogP contribution in [0.25, 0.3) is 0 Å². The Morgan fingerprint density at radius 3 is 2.55 bits per heavy atom. The highest BCUT2D eigenvalue weighted by Gasteiger charge is 2.15. The van der Waals surface area contributed by atoms with E-state index in [1.54, 1.807) is 0 Å². The van der Waals surface area contributed by atoms with Crippen molar-refractivity contribution in [3.05, 3.63) is 17.0 Å². The van der Waals surface area contributed by atoms with Crippen LogP contribution in [-0.2, 0) is 11.3 Å². The number of alkyl carbamates (subject to hydrolysis) is 1. The molecule has 0 bridgehead atoms. The number of rotatable bonds is 6. The van der Waals surface area contributed by atoms with Gasteiger partial charge in [-0.25, -0.2) is 4.79 Å². The first kappa shape index (κ1) is 16.5. The highest BCUT2D eigenvalue weighted by Crippen LogP contribution is 2.11. The van der Waals surface area contributed by atoms with Crippen molar-refractivity contribution in [1.82, 2.24) is 15.8 Å². The van der Waals surface area contributed by atoms with Crippen molar-refractivity contribution >= 4 is 6.09 Å². The summed E-state index contributed by atoms with van der Waals surface area (Å²) in [5, 5.41) is 9.92. The van der Waals surface area contributed by atoms with Gasteiger partial charge in [-0.1, -0.05) is 5.16 Å². The molecule has 0 aliphatic heterocycles. The molecule has 0 spiro atoms. The maximum atomic E-state index is 11.4. The molecule has 6 heteroatoms. The maximum absolute atomic E-state index is 11.4. The summed E-state index contributed by atoms with van der Waals surface area (Å²) in [7, 11) is 0. The normalized spacial score (nSPS) is 11.4. The van der Waals surface area contributed by atoms with Gasteiger partial charge < -0.3 is 19.9 Å². The van der Waals surface area contributed by atoms with Crippen LogP contribution >= 0.6 is 0 Å². The number of aryl methyl sites for hydroxylation is 2. The molecule has 0 aliphatic carbocycles. The topological polar surface area (TPSA) is 76.4 Å². The fourth-order valence-corrected chi connectivity index (χ4v) is 1.69. The number of ether oxygens (including phenoxy) is 1. The van der Waals surface area contributed by atoms with E-state index in [4.69, 9.17) is 9.26 Å². The zero-order chi connectivity index (χ0) is 15.2. The molecule has 0 radical (unpaired) electrons. The molecule has 0 aromatic carbocycles. The zero-order valence-electron chi connectivity index (χ0n) is 13.0. The summed E-state index contributed by atoms with van der Waals surface area (Å²) < 4.78 is 10.2. The van der Waals surface area contributed by atoms with Gasteiger partial charge in [0, 0.05) is 18.7 Å². The van der Waals surface area contributed by atoms with Crippen molar-refractivity contribution in [2.45, 2.75) is 53.2 Å². The predicted octanol–water partition coefficient (Wildman–Crippen LogP) is 2.30. The van der Waals surface area contributed by atoms with E-state index < -0.39 is 5.60 Å². The second-order valence-electron chi connectivity index (χ2n) is 5.76. The summed E-state index contributed by atoms with van der Waals surface area (Å²) in [6.45, 7) is 11.5. The van der Waals surface area contributed by atoms with E-state index in [-0.39, 0.29) is 6.09 Å². The Balaban J connectivity index is 2.10. The summed E-state index contributed by atoms with van der Waals surface area (Å²) >= 11 is 0. The highest BCUT2D eigenvalue weighted by molar-refractivity contribution is 5.67. The first-order chi connectivity index (χ1) is 9.29. The third-order valence-corrected chi connectivity index (χ3v) is 2.68. The van der Waals surface area contributed by atoms with Gasteiger partial charge in [0.1, 0.15) is 11.4 Å². The lowest BCUT2D eigenvalue weighted by Gasteiger charge is -2.19. The van der Waals surface area contributed by atoms with Crippen molar-refractivity contribution in [2.24, 2.45) is 0 Å². The van der Waals surface area contributed by atoms with Gasteiger partial charge in [-0.05, 0) is 47.6 Å². The lowest BCUT2D eigenvalue weighted by molar-refractivity contribution is 0.0527. The van der Waals surface area contributed by atoms with E-state index in [2.05, 4.69) is 15.8 Å². The van der Waals surface area contributed by atoms with Crippen LogP contribution in [0.2, 0.25) is 0 Å². The number of nitrogens with one attached hydrogen (secondary N) is 2. The first-order valence-corrected chi connectivity index (χ1v) is 6.89. The van der Waals surface area contributed by atoms with Gasteiger partial charge in [0.05, 0.1) is 5.69 Å². The molecular formula is C14H25N3O3. The Labute approximate surface area is 120 Å². The fraction of sp³-hybridized carbons (Fsp3) is 0.714. The van der Waals surface area contributed by atoms with Gasteiger partial charge in [-0.2, -0.15) is 0 Å². The van der Waals surface area contributed by atoms with Gasteiger partial charge in [0.25, 0.3) is 0 Å². The second kappa shape index (κ2) is 7.28. The van der Waals surface area contributed by atoms with Crippen LogP contribution in [0.3, 0.4) is 0 Å². The van der Waals surface area contributed by atoms with Crippen LogP contribution in [0, 0.1) is 13.8 Å². The Morgan fingerprint density at radius 2 is 2.00 bits per heavy atom. The molecule has 1 rings (SSSR count). The summed E-state index contributed by atoms with van der Waals surface area (Å²) in [6, 6.07) is 0. The minimum atomic E-state index is -0.453. The Morgan fingerprint density at radius 1 is 1.30 bits per heavy atom. The minimum Gasteiger partial charge on any atom is -0.444 e. The molecule has 114 valence electrons. The average Bonchev–Trinajstić information content (AvgIpc) is 2.62. The smallest absolute Gasteiger partial charge is 0.407 e. The summed E-state index contributed by atoms with van der Waals surface area (Å²) in [5.41, 5.74) is 1.57. The first-order valence-electron chi connectivity index (χ1n) is 6.89. The van der Waals surface area contributed by atoms with Crippen molar-refractivity contribution in [1.29, 1.82) is 0 Å². The average molecular weight is 283 g/mol. The third kappa shape index (κ3) is 6.06. The number of amides is 1. The van der Waals surface area contributed by atoms with Crippen LogP contribution < -0.4 is 10.6 Å². The molecule has 0 saturated carbocycles. The molecule has 20 heavy (non-hydrogen) atoms. The van der Waals surface area contributed by atoms with E-state index >= 15 is 0 Å². The van der Waals surface area contributed by atoms with Crippen molar-refractivity contribution < 1.29 is 14.1 Å². The van der Waals surface area contributed by atoms with Gasteiger partial charge in [-0.15, -0.1) is 0 Å². The minimum absolute atomic E-state index is 0.372. The van der Waals surface area contributed by atoms with E-state index in [0.29, 0.717) is 6.54 Å². The van der Waals surface area contributed by atoms with Gasteiger partial charge in [-0.3, -0.25) is 0 Å². The molecule has 0 fully saturated rings. The van der Waals surface area contributed by atoms with E-state index in [1.165, 1.54) is 0 Å². The van der Waals surface area contributed by atoms with E-state index in [0.717, 1.165) is 36.5 Å². The van der Waals surface area contributed by atoms with Crippen LogP contribution in [0.4, 0.5) is 4.79 Å². The zero-order valence-corrected chi connectivity index (χ0v) is 13.0. The number of hydrogen-bond acceptors (Lipinski definition) is 5. The van der Waals surface area contributed by atoms with Crippen molar-refractivity contribution in [3.63, 3.8) is 0 Å². The second-order valence-corrected chi connectivity index (χ2v) is 5.76. The summed E-state index contributed by atoms with van der Waals surface area (Å²) in [4.78, 5) is 11.4. The highest BCUT2D eigenvalue weighted by atomic mass is 16.6. The van der Waals surface area contributed by atoms with Gasteiger partial charge in [0.15, 0.2) is 0 Å². The monoisotopic (exact) mass is 283 g/mol. The van der Waals surface area contributed by atoms with Crippen molar-refractivity contribution in [3.8, 4) is 0 Å². The molecule has 0 unspecified atom stereocenters. The lowest BCUT2D eigenvalue weighted by Crippen LogP contribution is -2.33. The molecule has 1 aromatic rings. The molecule has 2 N–H and O–H groups in total. The Hall–Kier alpha value is -1.56. The van der Waals surface area contributed by atoms with E-state index in [1.807, 2.05) is 34.6 Å². The van der Waals surface area contributed by atoms with Gasteiger partial charge in [0.2, 0.25) is 0 Å². The van der Waals surface area contributed by atoms with E-state index in [9.17, 15) is 4.79 Å². The molecule has 0 aliphatic rings. The number of aromatic nitrogens is 1. The molecule has 1 heterocycles. The molecule has 6 nitrogen and oxygen atoms in total. The molecule has 0 atom stereocenters.